The van der Waals surface area contributed by atoms with Gasteiger partial charge in [-0.15, -0.1) is 0 Å². The van der Waals surface area contributed by atoms with E-state index in [0.717, 1.165) is 18.9 Å². The smallest absolute Gasteiger partial charge is 0.295 e. The molecular formula is C23H22FNO5. The predicted octanol–water partition coefficient (Wildman–Crippen LogP) is 3.44. The predicted molar refractivity (Wildman–Crippen MR) is 107 cm³/mol. The molecule has 1 amide bonds. The van der Waals surface area contributed by atoms with E-state index in [4.69, 9.17) is 9.47 Å². The van der Waals surface area contributed by atoms with Crippen molar-refractivity contribution in [1.29, 1.82) is 0 Å². The summed E-state index contributed by atoms with van der Waals surface area (Å²) in [6, 6.07) is 11.8. The van der Waals surface area contributed by atoms with Crippen molar-refractivity contribution in [3.63, 3.8) is 0 Å². The third-order valence-electron chi connectivity index (χ3n) is 5.50. The van der Waals surface area contributed by atoms with Gasteiger partial charge in [0.15, 0.2) is 0 Å². The highest BCUT2D eigenvalue weighted by molar-refractivity contribution is 6.46. The third-order valence-corrected chi connectivity index (χ3v) is 5.50. The van der Waals surface area contributed by atoms with Gasteiger partial charge in [-0.2, -0.15) is 0 Å². The van der Waals surface area contributed by atoms with E-state index in [0.29, 0.717) is 12.2 Å². The molecule has 30 heavy (non-hydrogen) atoms. The van der Waals surface area contributed by atoms with E-state index in [-0.39, 0.29) is 29.5 Å². The summed E-state index contributed by atoms with van der Waals surface area (Å²) < 4.78 is 24.8. The summed E-state index contributed by atoms with van der Waals surface area (Å²) in [7, 11) is 1.38. The molecule has 4 rings (SSSR count). The maximum Gasteiger partial charge on any atom is 0.295 e. The number of ether oxygens (including phenoxy) is 2. The van der Waals surface area contributed by atoms with Crippen molar-refractivity contribution in [1.82, 2.24) is 4.90 Å². The van der Waals surface area contributed by atoms with Gasteiger partial charge < -0.3 is 19.5 Å². The Labute approximate surface area is 173 Å². The Morgan fingerprint density at radius 3 is 2.67 bits per heavy atom. The molecule has 156 valence electrons. The van der Waals surface area contributed by atoms with E-state index in [9.17, 15) is 19.1 Å². The van der Waals surface area contributed by atoms with Crippen molar-refractivity contribution in [3.05, 3.63) is 71.0 Å². The van der Waals surface area contributed by atoms with Crippen molar-refractivity contribution in [2.24, 2.45) is 0 Å². The molecule has 2 heterocycles. The highest BCUT2D eigenvalue weighted by Gasteiger charge is 2.47. The number of nitrogens with zero attached hydrogens (tertiary/aromatic N) is 1. The lowest BCUT2D eigenvalue weighted by molar-refractivity contribution is -0.140. The molecule has 2 unspecified atom stereocenters. The first-order valence-corrected chi connectivity index (χ1v) is 9.80. The van der Waals surface area contributed by atoms with Gasteiger partial charge in [0, 0.05) is 13.2 Å². The largest absolute Gasteiger partial charge is 0.507 e. The molecular weight excluding hydrogens is 389 g/mol. The van der Waals surface area contributed by atoms with Gasteiger partial charge in [0.1, 0.15) is 17.3 Å². The van der Waals surface area contributed by atoms with Crippen LogP contribution in [0.1, 0.15) is 30.0 Å². The third kappa shape index (κ3) is 3.57. The number of Topliss-reactive ketones (excluding diaryl/α,β-unsaturated/α-hetero) is 1. The molecule has 2 saturated heterocycles. The number of likely N-dealkylation sites (tertiary alicyclic amines) is 1. The topological polar surface area (TPSA) is 76.1 Å². The van der Waals surface area contributed by atoms with E-state index in [1.807, 2.05) is 6.07 Å². The molecule has 0 bridgehead atoms. The minimum atomic E-state index is -0.814. The second kappa shape index (κ2) is 8.28. The van der Waals surface area contributed by atoms with Crippen LogP contribution in [0.2, 0.25) is 0 Å². The fraction of sp³-hybridized carbons (Fsp3) is 0.304. The number of carbonyl (C=O) groups is 2. The molecule has 2 aromatic carbocycles. The molecule has 0 saturated carbocycles. The van der Waals surface area contributed by atoms with E-state index in [2.05, 4.69) is 0 Å². The zero-order chi connectivity index (χ0) is 21.3. The first-order valence-electron chi connectivity index (χ1n) is 9.80. The number of hydrogen-bond acceptors (Lipinski definition) is 5. The molecule has 7 heteroatoms. The van der Waals surface area contributed by atoms with Gasteiger partial charge in [0.05, 0.1) is 30.4 Å². The van der Waals surface area contributed by atoms with E-state index in [1.165, 1.54) is 24.1 Å². The number of methoxy groups -OCH3 is 1. The molecule has 2 aliphatic heterocycles. The quantitative estimate of drug-likeness (QED) is 0.463. The lowest BCUT2D eigenvalue weighted by Crippen LogP contribution is -2.36. The zero-order valence-electron chi connectivity index (χ0n) is 16.5. The molecule has 0 spiro atoms. The van der Waals surface area contributed by atoms with Gasteiger partial charge in [0.2, 0.25) is 0 Å². The van der Waals surface area contributed by atoms with Crippen LogP contribution < -0.4 is 4.74 Å². The van der Waals surface area contributed by atoms with Crippen LogP contribution in [0, 0.1) is 5.82 Å². The van der Waals surface area contributed by atoms with Crippen LogP contribution in [0.4, 0.5) is 4.39 Å². The van der Waals surface area contributed by atoms with Crippen LogP contribution in [-0.2, 0) is 14.3 Å². The minimum absolute atomic E-state index is 0.0218. The van der Waals surface area contributed by atoms with Crippen LogP contribution >= 0.6 is 0 Å². The van der Waals surface area contributed by atoms with Gasteiger partial charge >= 0.3 is 0 Å². The first kappa shape index (κ1) is 20.1. The zero-order valence-corrected chi connectivity index (χ0v) is 16.5. The highest BCUT2D eigenvalue weighted by atomic mass is 19.1. The number of aliphatic hydroxyl groups is 1. The Hall–Kier alpha value is -3.19. The number of amides is 1. The van der Waals surface area contributed by atoms with Crippen LogP contribution in [-0.4, -0.2) is 48.1 Å². The fourth-order valence-corrected chi connectivity index (χ4v) is 4.07. The number of benzene rings is 2. The van der Waals surface area contributed by atoms with Crippen LogP contribution in [0.25, 0.3) is 5.76 Å². The van der Waals surface area contributed by atoms with Crippen molar-refractivity contribution in [2.45, 2.75) is 25.0 Å². The lowest BCUT2D eigenvalue weighted by Gasteiger charge is -2.27. The first-order chi connectivity index (χ1) is 14.5. The Morgan fingerprint density at radius 1 is 1.23 bits per heavy atom. The van der Waals surface area contributed by atoms with Gasteiger partial charge in [-0.3, -0.25) is 9.59 Å². The summed E-state index contributed by atoms with van der Waals surface area (Å²) >= 11 is 0. The van der Waals surface area contributed by atoms with E-state index in [1.54, 1.807) is 24.3 Å². The molecule has 0 aliphatic carbocycles. The molecule has 2 aliphatic rings. The van der Waals surface area contributed by atoms with Gasteiger partial charge in [-0.05, 0) is 36.6 Å². The number of carbonyl (C=O) groups excluding carboxylic acids is 2. The van der Waals surface area contributed by atoms with Gasteiger partial charge in [-0.25, -0.2) is 4.39 Å². The number of ketones is 1. The van der Waals surface area contributed by atoms with Crippen LogP contribution in [0.15, 0.2) is 54.1 Å². The number of aliphatic hydroxyl groups excluding tert-OH is 1. The van der Waals surface area contributed by atoms with Crippen LogP contribution in [0.3, 0.4) is 0 Å². The average Bonchev–Trinajstić information content (AvgIpc) is 3.36. The summed E-state index contributed by atoms with van der Waals surface area (Å²) in [4.78, 5) is 27.3. The minimum Gasteiger partial charge on any atom is -0.507 e. The average molecular weight is 411 g/mol. The Kier molecular flexibility index (Phi) is 5.55. The summed E-state index contributed by atoms with van der Waals surface area (Å²) in [5.74, 6) is -2.39. The molecule has 1 N–H and O–H groups in total. The van der Waals surface area contributed by atoms with Crippen molar-refractivity contribution in [2.75, 3.05) is 20.3 Å². The van der Waals surface area contributed by atoms with Crippen LogP contribution in [0.5, 0.6) is 5.75 Å². The van der Waals surface area contributed by atoms with Crippen molar-refractivity contribution in [3.8, 4) is 5.75 Å². The van der Waals surface area contributed by atoms with Gasteiger partial charge in [0.25, 0.3) is 11.7 Å². The molecule has 0 aromatic heterocycles. The van der Waals surface area contributed by atoms with Crippen molar-refractivity contribution < 1.29 is 28.6 Å². The number of halogens is 1. The summed E-state index contributed by atoms with van der Waals surface area (Å²) in [5, 5.41) is 11.1. The van der Waals surface area contributed by atoms with Crippen molar-refractivity contribution >= 4 is 17.4 Å². The Morgan fingerprint density at radius 2 is 2.00 bits per heavy atom. The standard InChI is InChI=1S/C23H22FNO5/c1-29-18-10-9-15(24)12-17(18)21(26)19-20(14-6-3-2-4-7-14)25(23(28)22(19)27)13-16-8-5-11-30-16/h2-4,6-7,9-10,12,16,20,26H,5,8,11,13H2,1H3/b21-19+. The van der Waals surface area contributed by atoms with E-state index < -0.39 is 29.3 Å². The second-order valence-electron chi connectivity index (χ2n) is 7.34. The SMILES string of the molecule is COc1ccc(F)cc1/C(O)=C1\C(=O)C(=O)N(CC2CCCO2)C1c1ccccc1. The summed E-state index contributed by atoms with van der Waals surface area (Å²) in [6.07, 6.45) is 1.52. The normalized spacial score (nSPS) is 23.2. The van der Waals surface area contributed by atoms with E-state index >= 15 is 0 Å². The number of hydrogen-bond donors (Lipinski definition) is 1. The molecule has 2 atom stereocenters. The summed E-state index contributed by atoms with van der Waals surface area (Å²) in [6.45, 7) is 0.853. The highest BCUT2D eigenvalue weighted by Crippen LogP contribution is 2.41. The Balaban J connectivity index is 1.86. The maximum atomic E-state index is 13.9. The monoisotopic (exact) mass is 411 g/mol. The fourth-order valence-electron chi connectivity index (χ4n) is 4.07. The second-order valence-corrected chi connectivity index (χ2v) is 7.34. The molecule has 6 nitrogen and oxygen atoms in total. The molecule has 2 fully saturated rings. The molecule has 2 aromatic rings. The summed E-state index contributed by atoms with van der Waals surface area (Å²) in [5.41, 5.74) is 0.605. The lowest BCUT2D eigenvalue weighted by atomic mass is 9.95. The number of rotatable bonds is 5. The molecule has 0 radical (unpaired) electrons. The van der Waals surface area contributed by atoms with Gasteiger partial charge in [-0.1, -0.05) is 30.3 Å². The maximum absolute atomic E-state index is 13.9. The Bertz CT molecular complexity index is 998.